The lowest BCUT2D eigenvalue weighted by molar-refractivity contribution is -0.128. The fourth-order valence-electron chi connectivity index (χ4n) is 4.10. The molecule has 0 aromatic carbocycles. The Kier molecular flexibility index (Phi) is 4.73. The van der Waals surface area contributed by atoms with Gasteiger partial charge in [-0.25, -0.2) is 4.79 Å². The number of nitrogens with one attached hydrogen (secondary N) is 2. The van der Waals surface area contributed by atoms with Crippen LogP contribution in [0.4, 0.5) is 0 Å². The van der Waals surface area contributed by atoms with Crippen molar-refractivity contribution < 1.29 is 9.53 Å². The van der Waals surface area contributed by atoms with E-state index in [9.17, 15) is 9.59 Å². The SMILES string of the molecule is Cc1nc(=O)[nH]c(C)c1CCC(=O)N[C@H]1[C@H]2CCO[C@H]2[C@@H]1N(C)C. The van der Waals surface area contributed by atoms with Gasteiger partial charge in [0.25, 0.3) is 0 Å². The van der Waals surface area contributed by atoms with Crippen molar-refractivity contribution in [1.82, 2.24) is 20.2 Å². The van der Waals surface area contributed by atoms with Crippen molar-refractivity contribution in [2.75, 3.05) is 20.7 Å². The van der Waals surface area contributed by atoms with Gasteiger partial charge in [0, 0.05) is 30.3 Å². The van der Waals surface area contributed by atoms with E-state index >= 15 is 0 Å². The van der Waals surface area contributed by atoms with Crippen LogP contribution in [0.15, 0.2) is 4.79 Å². The van der Waals surface area contributed by atoms with E-state index in [1.807, 2.05) is 27.9 Å². The number of nitrogens with zero attached hydrogens (tertiary/aromatic N) is 2. The van der Waals surface area contributed by atoms with Gasteiger partial charge < -0.3 is 19.9 Å². The molecular formula is C17H26N4O3. The van der Waals surface area contributed by atoms with Crippen molar-refractivity contribution in [2.24, 2.45) is 5.92 Å². The summed E-state index contributed by atoms with van der Waals surface area (Å²) in [5.74, 6) is 0.474. The summed E-state index contributed by atoms with van der Waals surface area (Å²) in [6.45, 7) is 4.44. The molecule has 1 saturated heterocycles. The van der Waals surface area contributed by atoms with Crippen LogP contribution in [-0.2, 0) is 16.0 Å². The van der Waals surface area contributed by atoms with E-state index < -0.39 is 0 Å². The first-order chi connectivity index (χ1) is 11.4. The second kappa shape index (κ2) is 6.64. The highest BCUT2D eigenvalue weighted by molar-refractivity contribution is 5.77. The molecule has 2 N–H and O–H groups in total. The van der Waals surface area contributed by atoms with Crippen molar-refractivity contribution in [1.29, 1.82) is 0 Å². The normalized spacial score (nSPS) is 28.5. The van der Waals surface area contributed by atoms with Crippen molar-refractivity contribution in [3.8, 4) is 0 Å². The highest BCUT2D eigenvalue weighted by Crippen LogP contribution is 2.41. The number of aromatic amines is 1. The number of aromatic nitrogens is 2. The molecule has 2 fully saturated rings. The lowest BCUT2D eigenvalue weighted by Gasteiger charge is -2.50. The molecule has 3 rings (SSSR count). The Bertz CT molecular complexity index is 659. The first kappa shape index (κ1) is 17.1. The minimum Gasteiger partial charge on any atom is -0.376 e. The molecule has 1 amide bonds. The van der Waals surface area contributed by atoms with Gasteiger partial charge in [0.05, 0.1) is 18.2 Å². The fraction of sp³-hybridized carbons (Fsp3) is 0.706. The standard InChI is InChI=1S/C17H26N4O3/c1-9-11(10(2)19-17(23)18-9)5-6-13(22)20-14-12-7-8-24-16(12)15(14)21(3)4/h12,14-16H,5-8H2,1-4H3,(H,20,22)(H,18,19,23)/t12-,14+,15-,16-/m1/s1. The van der Waals surface area contributed by atoms with Crippen LogP contribution in [0.5, 0.6) is 0 Å². The first-order valence-electron chi connectivity index (χ1n) is 8.52. The molecule has 1 saturated carbocycles. The quantitative estimate of drug-likeness (QED) is 0.801. The number of aryl methyl sites for hydroxylation is 2. The molecule has 1 aromatic heterocycles. The molecular weight excluding hydrogens is 308 g/mol. The van der Waals surface area contributed by atoms with E-state index in [-0.39, 0.29) is 29.8 Å². The van der Waals surface area contributed by atoms with Crippen molar-refractivity contribution in [3.63, 3.8) is 0 Å². The molecule has 4 atom stereocenters. The number of rotatable bonds is 5. The number of amides is 1. The van der Waals surface area contributed by atoms with Crippen LogP contribution in [0.3, 0.4) is 0 Å². The highest BCUT2D eigenvalue weighted by Gasteiger charge is 2.55. The number of carbonyl (C=O) groups excluding carboxylic acids is 1. The number of carbonyl (C=O) groups is 1. The Balaban J connectivity index is 1.59. The molecule has 1 aliphatic carbocycles. The van der Waals surface area contributed by atoms with Crippen LogP contribution in [0.25, 0.3) is 0 Å². The number of likely N-dealkylation sites (N-methyl/N-ethyl adjacent to an activating group) is 1. The van der Waals surface area contributed by atoms with E-state index in [0.29, 0.717) is 24.5 Å². The van der Waals surface area contributed by atoms with Gasteiger partial charge in [-0.3, -0.25) is 4.79 Å². The Morgan fingerprint density at radius 3 is 2.83 bits per heavy atom. The lowest BCUT2D eigenvalue weighted by Crippen LogP contribution is -2.69. The summed E-state index contributed by atoms with van der Waals surface area (Å²) in [7, 11) is 4.06. The Morgan fingerprint density at radius 1 is 1.42 bits per heavy atom. The molecule has 2 aliphatic rings. The van der Waals surface area contributed by atoms with E-state index in [0.717, 1.165) is 24.3 Å². The Morgan fingerprint density at radius 2 is 2.17 bits per heavy atom. The van der Waals surface area contributed by atoms with Crippen LogP contribution in [0.1, 0.15) is 29.8 Å². The number of hydrogen-bond donors (Lipinski definition) is 2. The van der Waals surface area contributed by atoms with Gasteiger partial charge in [0.2, 0.25) is 5.91 Å². The molecule has 0 bridgehead atoms. The van der Waals surface area contributed by atoms with Gasteiger partial charge in [-0.1, -0.05) is 0 Å². The number of fused-ring (bicyclic) bond motifs is 1. The van der Waals surface area contributed by atoms with Gasteiger partial charge >= 0.3 is 5.69 Å². The van der Waals surface area contributed by atoms with E-state index in [4.69, 9.17) is 4.74 Å². The average molecular weight is 334 g/mol. The molecule has 1 aromatic rings. The molecule has 7 nitrogen and oxygen atoms in total. The zero-order valence-corrected chi connectivity index (χ0v) is 14.8. The first-order valence-corrected chi connectivity index (χ1v) is 8.52. The third-order valence-electron chi connectivity index (χ3n) is 5.33. The number of H-pyrrole nitrogens is 1. The smallest absolute Gasteiger partial charge is 0.345 e. The zero-order valence-electron chi connectivity index (χ0n) is 14.8. The molecule has 0 unspecified atom stereocenters. The second-order valence-electron chi connectivity index (χ2n) is 7.07. The topological polar surface area (TPSA) is 87.3 Å². The number of hydrogen-bond acceptors (Lipinski definition) is 5. The van der Waals surface area contributed by atoms with Crippen LogP contribution in [0, 0.1) is 19.8 Å². The Labute approximate surface area is 141 Å². The summed E-state index contributed by atoms with van der Waals surface area (Å²) < 4.78 is 5.77. The van der Waals surface area contributed by atoms with Gasteiger partial charge in [-0.05, 0) is 46.3 Å². The zero-order chi connectivity index (χ0) is 17.4. The monoisotopic (exact) mass is 334 g/mol. The number of ether oxygens (including phenoxy) is 1. The molecule has 7 heteroatoms. The maximum Gasteiger partial charge on any atom is 0.345 e. The molecule has 0 radical (unpaired) electrons. The van der Waals surface area contributed by atoms with Crippen molar-refractivity contribution in [3.05, 3.63) is 27.4 Å². The Hall–Kier alpha value is -1.73. The maximum atomic E-state index is 12.4. The predicted octanol–water partition coefficient (Wildman–Crippen LogP) is 0.153. The van der Waals surface area contributed by atoms with Crippen molar-refractivity contribution >= 4 is 5.91 Å². The highest BCUT2D eigenvalue weighted by atomic mass is 16.5. The minimum atomic E-state index is -0.339. The van der Waals surface area contributed by atoms with Crippen LogP contribution in [-0.4, -0.2) is 59.7 Å². The van der Waals surface area contributed by atoms with Crippen molar-refractivity contribution in [2.45, 2.75) is 51.3 Å². The minimum absolute atomic E-state index is 0.0437. The maximum absolute atomic E-state index is 12.4. The molecule has 1 aliphatic heterocycles. The summed E-state index contributed by atoms with van der Waals surface area (Å²) in [6.07, 6.45) is 2.24. The van der Waals surface area contributed by atoms with E-state index in [1.54, 1.807) is 0 Å². The molecule has 0 spiro atoms. The van der Waals surface area contributed by atoms with Gasteiger partial charge in [-0.2, -0.15) is 4.98 Å². The third-order valence-corrected chi connectivity index (χ3v) is 5.33. The van der Waals surface area contributed by atoms with E-state index in [2.05, 4.69) is 20.2 Å². The van der Waals surface area contributed by atoms with Gasteiger partial charge in [-0.15, -0.1) is 0 Å². The summed E-state index contributed by atoms with van der Waals surface area (Å²) in [6, 6.07) is 0.413. The third kappa shape index (κ3) is 3.10. The average Bonchev–Trinajstić information content (AvgIpc) is 2.86. The fourth-order valence-corrected chi connectivity index (χ4v) is 4.10. The largest absolute Gasteiger partial charge is 0.376 e. The van der Waals surface area contributed by atoms with Crippen LogP contribution >= 0.6 is 0 Å². The molecule has 24 heavy (non-hydrogen) atoms. The van der Waals surface area contributed by atoms with Gasteiger partial charge in [0.1, 0.15) is 0 Å². The summed E-state index contributed by atoms with van der Waals surface area (Å²) in [4.78, 5) is 32.5. The lowest BCUT2D eigenvalue weighted by atomic mass is 9.71. The predicted molar refractivity (Wildman–Crippen MR) is 89.9 cm³/mol. The van der Waals surface area contributed by atoms with Crippen LogP contribution in [0.2, 0.25) is 0 Å². The van der Waals surface area contributed by atoms with Gasteiger partial charge in [0.15, 0.2) is 0 Å². The summed E-state index contributed by atoms with van der Waals surface area (Å²) in [5, 5.41) is 3.19. The van der Waals surface area contributed by atoms with E-state index in [1.165, 1.54) is 0 Å². The molecule has 132 valence electrons. The summed E-state index contributed by atoms with van der Waals surface area (Å²) in [5.41, 5.74) is 2.10. The van der Waals surface area contributed by atoms with Crippen LogP contribution < -0.4 is 11.0 Å². The molecule has 2 heterocycles. The second-order valence-corrected chi connectivity index (χ2v) is 7.07. The summed E-state index contributed by atoms with van der Waals surface area (Å²) >= 11 is 0.